The van der Waals surface area contributed by atoms with E-state index in [0.29, 0.717) is 0 Å². The highest BCUT2D eigenvalue weighted by Gasteiger charge is 2.24. The van der Waals surface area contributed by atoms with Crippen molar-refractivity contribution in [1.29, 1.82) is 0 Å². The largest absolute Gasteiger partial charge is 0.212 e. The molecular weight excluding hydrogens is 230 g/mol. The quantitative estimate of drug-likeness (QED) is 0.708. The van der Waals surface area contributed by atoms with Gasteiger partial charge in [0.05, 0.1) is 5.56 Å². The first-order valence-electron chi connectivity index (χ1n) is 7.67. The maximum Gasteiger partial charge on any atom is 0.212 e. The molecule has 0 atom stereocenters. The lowest BCUT2D eigenvalue weighted by Gasteiger charge is -2.16. The Balaban J connectivity index is 2.23. The van der Waals surface area contributed by atoms with Gasteiger partial charge in [-0.15, -0.1) is 0 Å². The number of hydrogen-bond donors (Lipinski definition) is 0. The zero-order chi connectivity index (χ0) is 14.2. The second kappa shape index (κ2) is 5.16. The van der Waals surface area contributed by atoms with Crippen molar-refractivity contribution < 1.29 is 5.94 Å². The summed E-state index contributed by atoms with van der Waals surface area (Å²) >= 11 is 0. The maximum absolute atomic E-state index is 8.87. The summed E-state index contributed by atoms with van der Waals surface area (Å²) in [6.07, 6.45) is 6.41. The summed E-state index contributed by atoms with van der Waals surface area (Å²) in [7, 11) is 2.08. The van der Waals surface area contributed by atoms with E-state index in [1.165, 1.54) is 35.2 Å². The van der Waals surface area contributed by atoms with Crippen molar-refractivity contribution in [2.75, 3.05) is 0 Å². The molecule has 1 aromatic heterocycles. The first kappa shape index (κ1) is 11.2. The van der Waals surface area contributed by atoms with Gasteiger partial charge in [-0.1, -0.05) is 31.0 Å². The van der Waals surface area contributed by atoms with Gasteiger partial charge in [0.25, 0.3) is 0 Å². The Morgan fingerprint density at radius 3 is 2.63 bits per heavy atom. The molecule has 1 aliphatic rings. The van der Waals surface area contributed by atoms with Gasteiger partial charge >= 0.3 is 0 Å². The van der Waals surface area contributed by atoms with Crippen LogP contribution in [0.5, 0.6) is 0 Å². The van der Waals surface area contributed by atoms with Crippen molar-refractivity contribution in [3.8, 4) is 11.3 Å². The molecule has 0 saturated heterocycles. The van der Waals surface area contributed by atoms with Gasteiger partial charge in [0.2, 0.25) is 5.69 Å². The van der Waals surface area contributed by atoms with E-state index in [2.05, 4.69) is 55.1 Å². The molecule has 3 rings (SSSR count). The highest BCUT2D eigenvalue weighted by atomic mass is 14.9. The number of rotatable bonds is 2. The van der Waals surface area contributed by atoms with Crippen molar-refractivity contribution >= 4 is 0 Å². The molecule has 1 saturated carbocycles. The molecule has 0 bridgehead atoms. The molecule has 0 amide bonds. The predicted molar refractivity (Wildman–Crippen MR) is 79.0 cm³/mol. The van der Waals surface area contributed by atoms with E-state index >= 15 is 0 Å². The van der Waals surface area contributed by atoms with Crippen LogP contribution < -0.4 is 4.57 Å². The third-order valence-corrected chi connectivity index (χ3v) is 4.17. The van der Waals surface area contributed by atoms with Gasteiger partial charge in [0, 0.05) is 13.5 Å². The average Bonchev–Trinajstić information content (AvgIpc) is 2.88. The van der Waals surface area contributed by atoms with Crippen molar-refractivity contribution in [1.82, 2.24) is 0 Å². The van der Waals surface area contributed by atoms with Crippen LogP contribution in [0.1, 0.15) is 44.1 Å². The van der Waals surface area contributed by atoms with E-state index in [0.717, 1.165) is 12.8 Å². The summed E-state index contributed by atoms with van der Waals surface area (Å²) in [5.74, 6) is -0.399. The number of aromatic nitrogens is 1. The first-order chi connectivity index (χ1) is 9.62. The molecule has 1 fully saturated rings. The molecule has 2 aromatic rings. The SMILES string of the molecule is [2H]C1(c2cccc(C)c2-c2cccc[n+]2C)CCCC1. The minimum absolute atomic E-state index is 0.399. The molecule has 19 heavy (non-hydrogen) atoms. The summed E-state index contributed by atoms with van der Waals surface area (Å²) < 4.78 is 11.0. The molecule has 1 aliphatic carbocycles. The van der Waals surface area contributed by atoms with Gasteiger partial charge in [0.1, 0.15) is 7.05 Å². The first-order valence-corrected chi connectivity index (χ1v) is 7.17. The third-order valence-electron chi connectivity index (χ3n) is 4.17. The van der Waals surface area contributed by atoms with Gasteiger partial charge in [0.15, 0.2) is 6.20 Å². The van der Waals surface area contributed by atoms with Gasteiger partial charge in [-0.25, -0.2) is 4.57 Å². The minimum atomic E-state index is -0.399. The smallest absolute Gasteiger partial charge is 0.201 e. The second-order valence-electron chi connectivity index (χ2n) is 5.50. The Kier molecular flexibility index (Phi) is 3.05. The van der Waals surface area contributed by atoms with E-state index in [-0.39, 0.29) is 0 Å². The highest BCUT2D eigenvalue weighted by molar-refractivity contribution is 5.66. The van der Waals surface area contributed by atoms with E-state index < -0.39 is 5.89 Å². The fourth-order valence-electron chi connectivity index (χ4n) is 3.16. The van der Waals surface area contributed by atoms with Crippen molar-refractivity contribution in [3.63, 3.8) is 0 Å². The van der Waals surface area contributed by atoms with E-state index in [1.54, 1.807) is 0 Å². The molecule has 1 nitrogen and oxygen atoms in total. The number of pyridine rings is 1. The highest BCUT2D eigenvalue weighted by Crippen LogP contribution is 2.39. The topological polar surface area (TPSA) is 3.88 Å². The second-order valence-corrected chi connectivity index (χ2v) is 5.50. The van der Waals surface area contributed by atoms with Crippen molar-refractivity contribution in [2.45, 2.75) is 38.5 Å². The Bertz CT molecular complexity index is 627. The van der Waals surface area contributed by atoms with Crippen LogP contribution in [0.15, 0.2) is 42.6 Å². The molecule has 1 heterocycles. The summed E-state index contributed by atoms with van der Waals surface area (Å²) in [5, 5.41) is 0. The zero-order valence-electron chi connectivity index (χ0n) is 12.8. The van der Waals surface area contributed by atoms with Crippen molar-refractivity contribution in [3.05, 3.63) is 53.7 Å². The third kappa shape index (κ3) is 2.30. The predicted octanol–water partition coefficient (Wildman–Crippen LogP) is 4.14. The Labute approximate surface area is 117 Å². The van der Waals surface area contributed by atoms with E-state index in [1.807, 2.05) is 6.07 Å². The number of benzene rings is 1. The fourth-order valence-corrected chi connectivity index (χ4v) is 3.16. The van der Waals surface area contributed by atoms with Crippen LogP contribution in [0.25, 0.3) is 11.3 Å². The molecule has 0 radical (unpaired) electrons. The maximum atomic E-state index is 8.87. The van der Waals surface area contributed by atoms with Gasteiger partial charge < -0.3 is 0 Å². The summed E-state index contributed by atoms with van der Waals surface area (Å²) in [6, 6.07) is 12.7. The molecule has 1 heteroatoms. The fraction of sp³-hybridized carbons (Fsp3) is 0.389. The van der Waals surface area contributed by atoms with Crippen LogP contribution in [0.3, 0.4) is 0 Å². The normalized spacial score (nSPS) is 18.3. The molecule has 98 valence electrons. The van der Waals surface area contributed by atoms with Crippen LogP contribution in [0, 0.1) is 6.92 Å². The van der Waals surface area contributed by atoms with Gasteiger partial charge in [-0.3, -0.25) is 0 Å². The molecule has 0 unspecified atom stereocenters. The Hall–Kier alpha value is -1.63. The summed E-state index contributed by atoms with van der Waals surface area (Å²) in [5.41, 5.74) is 4.94. The van der Waals surface area contributed by atoms with E-state index in [9.17, 15) is 0 Å². The molecule has 1 aromatic carbocycles. The number of nitrogens with zero attached hydrogens (tertiary/aromatic N) is 1. The molecular formula is C18H22N+. The van der Waals surface area contributed by atoms with Crippen LogP contribution in [-0.4, -0.2) is 0 Å². The lowest BCUT2D eigenvalue weighted by atomic mass is 9.88. The Morgan fingerprint density at radius 2 is 1.89 bits per heavy atom. The van der Waals surface area contributed by atoms with Crippen LogP contribution >= 0.6 is 0 Å². The van der Waals surface area contributed by atoms with Crippen molar-refractivity contribution in [2.24, 2.45) is 7.05 Å². The lowest BCUT2D eigenvalue weighted by molar-refractivity contribution is -0.660. The summed E-state index contributed by atoms with van der Waals surface area (Å²) in [4.78, 5) is 0. The zero-order valence-corrected chi connectivity index (χ0v) is 11.8. The standard InChI is InChI=1S/C18H22N/c1-14-8-7-11-16(15-9-3-4-10-15)18(14)17-12-5-6-13-19(17)2/h5-8,11-13,15H,3-4,9-10H2,1-2H3/q+1/i15D. The van der Waals surface area contributed by atoms with Crippen LogP contribution in [0.4, 0.5) is 0 Å². The number of hydrogen-bond acceptors (Lipinski definition) is 0. The van der Waals surface area contributed by atoms with E-state index in [4.69, 9.17) is 1.37 Å². The van der Waals surface area contributed by atoms with Gasteiger partial charge in [-0.2, -0.15) is 0 Å². The monoisotopic (exact) mass is 253 g/mol. The molecule has 0 spiro atoms. The minimum Gasteiger partial charge on any atom is -0.201 e. The molecule has 0 aliphatic heterocycles. The number of aryl methyl sites for hydroxylation is 2. The van der Waals surface area contributed by atoms with Crippen LogP contribution in [0.2, 0.25) is 0 Å². The Morgan fingerprint density at radius 1 is 1.11 bits per heavy atom. The van der Waals surface area contributed by atoms with Crippen LogP contribution in [-0.2, 0) is 7.05 Å². The van der Waals surface area contributed by atoms with Gasteiger partial charge in [-0.05, 0) is 42.9 Å². The molecule has 0 N–H and O–H groups in total. The average molecular weight is 253 g/mol. The lowest BCUT2D eigenvalue weighted by Crippen LogP contribution is -2.30. The summed E-state index contributed by atoms with van der Waals surface area (Å²) in [6.45, 7) is 2.16.